The Morgan fingerprint density at radius 1 is 1.20 bits per heavy atom. The van der Waals surface area contributed by atoms with Crippen molar-refractivity contribution < 1.29 is 9.15 Å². The molecular weight excluding hydrogens is 254 g/mol. The van der Waals surface area contributed by atoms with Gasteiger partial charge in [0.15, 0.2) is 0 Å². The number of nitrogens with zero attached hydrogens (tertiary/aromatic N) is 1. The maximum Gasteiger partial charge on any atom is 0.343 e. The molecule has 1 unspecified atom stereocenters. The zero-order valence-corrected chi connectivity index (χ0v) is 11.3. The van der Waals surface area contributed by atoms with Crippen LogP contribution in [0.5, 0.6) is 0 Å². The van der Waals surface area contributed by atoms with E-state index in [1.807, 2.05) is 0 Å². The molecule has 4 heteroatoms. The highest BCUT2D eigenvalue weighted by molar-refractivity contribution is 5.83. The minimum Gasteiger partial charge on any atom is -0.427 e. The summed E-state index contributed by atoms with van der Waals surface area (Å²) in [4.78, 5) is 16.2. The van der Waals surface area contributed by atoms with Crippen LogP contribution >= 0.6 is 0 Å². The summed E-state index contributed by atoms with van der Waals surface area (Å²) in [6.07, 6.45) is 9.36. The van der Waals surface area contributed by atoms with E-state index < -0.39 is 0 Å². The van der Waals surface area contributed by atoms with Crippen molar-refractivity contribution in [1.29, 1.82) is 0 Å². The Balaban J connectivity index is 1.76. The first-order chi connectivity index (χ1) is 9.83. The van der Waals surface area contributed by atoms with Crippen LogP contribution in [0.2, 0.25) is 0 Å². The summed E-state index contributed by atoms with van der Waals surface area (Å²) in [6, 6.07) is 1.71. The SMILES string of the molecule is O=c1oc2c(c3cnccc13)COC(C1CCCC1)C2. The summed E-state index contributed by atoms with van der Waals surface area (Å²) in [7, 11) is 0. The maximum atomic E-state index is 12.0. The van der Waals surface area contributed by atoms with Gasteiger partial charge in [0, 0.05) is 29.8 Å². The molecule has 0 aromatic carbocycles. The molecule has 2 aromatic rings. The summed E-state index contributed by atoms with van der Waals surface area (Å²) >= 11 is 0. The van der Waals surface area contributed by atoms with Gasteiger partial charge in [0.2, 0.25) is 0 Å². The van der Waals surface area contributed by atoms with Gasteiger partial charge in [-0.15, -0.1) is 0 Å². The van der Waals surface area contributed by atoms with Gasteiger partial charge in [-0.2, -0.15) is 0 Å². The lowest BCUT2D eigenvalue weighted by molar-refractivity contribution is -0.0141. The second kappa shape index (κ2) is 4.70. The number of rotatable bonds is 1. The third kappa shape index (κ3) is 1.86. The molecule has 2 aromatic heterocycles. The Morgan fingerprint density at radius 3 is 2.90 bits per heavy atom. The molecule has 1 fully saturated rings. The average Bonchev–Trinajstić information content (AvgIpc) is 3.01. The standard InChI is InChI=1S/C16H17NO3/c18-16-11-5-6-17-8-12(11)13-9-19-14(7-15(13)20-16)10-3-1-2-4-10/h5-6,8,10,14H,1-4,7,9H2. The molecule has 1 aliphatic heterocycles. The smallest absolute Gasteiger partial charge is 0.343 e. The Hall–Kier alpha value is -1.68. The second-order valence-electron chi connectivity index (χ2n) is 5.81. The fourth-order valence-corrected chi connectivity index (χ4v) is 3.58. The molecular formula is C16H17NO3. The monoisotopic (exact) mass is 271 g/mol. The predicted octanol–water partition coefficient (Wildman–Crippen LogP) is 2.82. The highest BCUT2D eigenvalue weighted by Crippen LogP contribution is 2.35. The van der Waals surface area contributed by atoms with E-state index in [1.165, 1.54) is 25.7 Å². The van der Waals surface area contributed by atoms with Crippen LogP contribution in [0.3, 0.4) is 0 Å². The molecule has 0 bridgehead atoms. The molecule has 2 aliphatic rings. The Bertz CT molecular complexity index is 700. The molecule has 1 atom stereocenters. The zero-order valence-electron chi connectivity index (χ0n) is 11.3. The Labute approximate surface area is 116 Å². The number of hydrogen-bond acceptors (Lipinski definition) is 4. The Morgan fingerprint density at radius 2 is 2.05 bits per heavy atom. The first-order valence-corrected chi connectivity index (χ1v) is 7.33. The molecule has 1 saturated carbocycles. The van der Waals surface area contributed by atoms with Crippen LogP contribution in [0, 0.1) is 5.92 Å². The lowest BCUT2D eigenvalue weighted by Crippen LogP contribution is -2.30. The summed E-state index contributed by atoms with van der Waals surface area (Å²) in [5, 5.41) is 1.48. The zero-order chi connectivity index (χ0) is 13.5. The molecule has 4 nitrogen and oxygen atoms in total. The molecule has 0 saturated heterocycles. The second-order valence-corrected chi connectivity index (χ2v) is 5.81. The van der Waals surface area contributed by atoms with Crippen molar-refractivity contribution in [2.24, 2.45) is 5.92 Å². The maximum absolute atomic E-state index is 12.0. The predicted molar refractivity (Wildman–Crippen MR) is 74.5 cm³/mol. The van der Waals surface area contributed by atoms with Crippen molar-refractivity contribution >= 4 is 10.8 Å². The number of pyridine rings is 1. The van der Waals surface area contributed by atoms with Gasteiger partial charge in [-0.1, -0.05) is 12.8 Å². The quantitative estimate of drug-likeness (QED) is 0.800. The van der Waals surface area contributed by atoms with Crippen LogP contribution in [-0.2, 0) is 17.8 Å². The first-order valence-electron chi connectivity index (χ1n) is 7.33. The topological polar surface area (TPSA) is 52.3 Å². The van der Waals surface area contributed by atoms with Crippen LogP contribution in [0.1, 0.15) is 37.0 Å². The van der Waals surface area contributed by atoms with Gasteiger partial charge in [-0.25, -0.2) is 4.79 Å². The summed E-state index contributed by atoms with van der Waals surface area (Å²) in [5.74, 6) is 1.43. The summed E-state index contributed by atoms with van der Waals surface area (Å²) < 4.78 is 11.6. The lowest BCUT2D eigenvalue weighted by Gasteiger charge is -2.28. The van der Waals surface area contributed by atoms with Crippen LogP contribution in [0.4, 0.5) is 0 Å². The van der Waals surface area contributed by atoms with Crippen molar-refractivity contribution in [3.8, 4) is 0 Å². The molecule has 1 aliphatic carbocycles. The fourth-order valence-electron chi connectivity index (χ4n) is 3.58. The van der Waals surface area contributed by atoms with Gasteiger partial charge in [0.1, 0.15) is 5.76 Å². The first kappa shape index (κ1) is 12.1. The largest absolute Gasteiger partial charge is 0.427 e. The summed E-state index contributed by atoms with van der Waals surface area (Å²) in [6.45, 7) is 0.530. The molecule has 3 heterocycles. The van der Waals surface area contributed by atoms with Crippen molar-refractivity contribution in [2.45, 2.75) is 44.8 Å². The van der Waals surface area contributed by atoms with Crippen LogP contribution < -0.4 is 5.63 Å². The highest BCUT2D eigenvalue weighted by Gasteiger charge is 2.31. The van der Waals surface area contributed by atoms with E-state index in [0.717, 1.165) is 23.1 Å². The Kier molecular flexibility index (Phi) is 2.84. The number of fused-ring (bicyclic) bond motifs is 3. The van der Waals surface area contributed by atoms with Gasteiger partial charge in [0.25, 0.3) is 0 Å². The van der Waals surface area contributed by atoms with Crippen LogP contribution in [-0.4, -0.2) is 11.1 Å². The number of hydrogen-bond donors (Lipinski definition) is 0. The van der Waals surface area contributed by atoms with E-state index >= 15 is 0 Å². The van der Waals surface area contributed by atoms with E-state index in [9.17, 15) is 4.79 Å². The van der Waals surface area contributed by atoms with Gasteiger partial charge >= 0.3 is 5.63 Å². The molecule has 20 heavy (non-hydrogen) atoms. The molecule has 0 radical (unpaired) electrons. The van der Waals surface area contributed by atoms with Gasteiger partial charge in [0.05, 0.1) is 18.1 Å². The number of aromatic nitrogens is 1. The average molecular weight is 271 g/mol. The van der Waals surface area contributed by atoms with E-state index in [2.05, 4.69) is 4.98 Å². The minimum atomic E-state index is -0.256. The van der Waals surface area contributed by atoms with Crippen molar-refractivity contribution in [1.82, 2.24) is 4.98 Å². The van der Waals surface area contributed by atoms with Crippen molar-refractivity contribution in [3.63, 3.8) is 0 Å². The van der Waals surface area contributed by atoms with E-state index in [1.54, 1.807) is 18.5 Å². The minimum absolute atomic E-state index is 0.210. The van der Waals surface area contributed by atoms with Gasteiger partial charge < -0.3 is 9.15 Å². The molecule has 0 amide bonds. The highest BCUT2D eigenvalue weighted by atomic mass is 16.5. The summed E-state index contributed by atoms with van der Waals surface area (Å²) in [5.41, 5.74) is 0.746. The van der Waals surface area contributed by atoms with Crippen LogP contribution in [0.15, 0.2) is 27.7 Å². The molecule has 0 N–H and O–H groups in total. The molecule has 104 valence electrons. The molecule has 0 spiro atoms. The normalized spacial score (nSPS) is 23.1. The third-order valence-corrected chi connectivity index (χ3v) is 4.67. The van der Waals surface area contributed by atoms with E-state index in [0.29, 0.717) is 17.9 Å². The molecule has 4 rings (SSSR count). The van der Waals surface area contributed by atoms with E-state index in [4.69, 9.17) is 9.15 Å². The van der Waals surface area contributed by atoms with Crippen molar-refractivity contribution in [2.75, 3.05) is 0 Å². The number of ether oxygens (including phenoxy) is 1. The lowest BCUT2D eigenvalue weighted by atomic mass is 9.92. The van der Waals surface area contributed by atoms with Crippen molar-refractivity contribution in [3.05, 3.63) is 40.2 Å². The van der Waals surface area contributed by atoms with E-state index in [-0.39, 0.29) is 11.7 Å². The third-order valence-electron chi connectivity index (χ3n) is 4.67. The fraction of sp³-hybridized carbons (Fsp3) is 0.500. The van der Waals surface area contributed by atoms with Gasteiger partial charge in [-0.05, 0) is 24.8 Å². The van der Waals surface area contributed by atoms with Gasteiger partial charge in [-0.3, -0.25) is 4.98 Å². The van der Waals surface area contributed by atoms with Crippen LogP contribution in [0.25, 0.3) is 10.8 Å².